The van der Waals surface area contributed by atoms with Crippen molar-refractivity contribution in [3.63, 3.8) is 0 Å². The van der Waals surface area contributed by atoms with Crippen LogP contribution in [0.4, 0.5) is 12.9 Å². The molecule has 0 fully saturated rings. The van der Waals surface area contributed by atoms with E-state index in [1.165, 1.54) is 12.4 Å². The molecule has 1 aromatic rings. The van der Waals surface area contributed by atoms with Gasteiger partial charge in [0.25, 0.3) is 0 Å². The summed E-state index contributed by atoms with van der Waals surface area (Å²) in [6, 6.07) is 1.31. The molecule has 1 rings (SSSR count). The van der Waals surface area contributed by atoms with Crippen LogP contribution in [-0.2, 0) is 0 Å². The molecule has 2 N–H and O–H groups in total. The third-order valence-corrected chi connectivity index (χ3v) is 1.87. The second-order valence-corrected chi connectivity index (χ2v) is 3.28. The molecule has 82 valence electrons. The van der Waals surface area contributed by atoms with Gasteiger partial charge >= 0.3 is 58.4 Å². The summed E-state index contributed by atoms with van der Waals surface area (Å²) in [5, 5.41) is 0. The van der Waals surface area contributed by atoms with Crippen molar-refractivity contribution in [2.75, 3.05) is 0 Å². The second-order valence-electron chi connectivity index (χ2n) is 3.28. The fourth-order valence-electron chi connectivity index (χ4n) is 1.18. The number of aromatic nitrogens is 1. The number of halogens is 3. The van der Waals surface area contributed by atoms with Gasteiger partial charge in [-0.2, -0.15) is 0 Å². The van der Waals surface area contributed by atoms with Gasteiger partial charge in [0.05, 0.1) is 0 Å². The molecular formula is C9H11BF3KN2. The molecule has 0 saturated heterocycles. The van der Waals surface area contributed by atoms with Gasteiger partial charge in [-0.1, -0.05) is 6.08 Å². The Morgan fingerprint density at radius 1 is 1.44 bits per heavy atom. The Labute approximate surface area is 135 Å². The van der Waals surface area contributed by atoms with Crippen molar-refractivity contribution < 1.29 is 64.3 Å². The normalized spacial score (nSPS) is 13.6. The van der Waals surface area contributed by atoms with E-state index >= 15 is 0 Å². The van der Waals surface area contributed by atoms with Crippen LogP contribution in [0.1, 0.15) is 24.1 Å². The molecule has 1 atom stereocenters. The summed E-state index contributed by atoms with van der Waals surface area (Å²) in [5.41, 5.74) is 6.68. The van der Waals surface area contributed by atoms with Crippen LogP contribution in [0.2, 0.25) is 0 Å². The average molecular weight is 254 g/mol. The molecule has 0 radical (unpaired) electrons. The minimum atomic E-state index is -4.91. The Balaban J connectivity index is 0.00000225. The summed E-state index contributed by atoms with van der Waals surface area (Å²) in [7, 11) is 0. The van der Waals surface area contributed by atoms with Crippen LogP contribution in [-0.4, -0.2) is 12.0 Å². The summed E-state index contributed by atoms with van der Waals surface area (Å²) in [6.07, 6.45) is 3.89. The minimum absolute atomic E-state index is 0. The summed E-state index contributed by atoms with van der Waals surface area (Å²) < 4.78 is 36.0. The van der Waals surface area contributed by atoms with Crippen molar-refractivity contribution in [1.82, 2.24) is 4.98 Å². The van der Waals surface area contributed by atoms with E-state index < -0.39 is 6.98 Å². The Morgan fingerprint density at radius 2 is 2.06 bits per heavy atom. The smallest absolute Gasteiger partial charge is 0.445 e. The molecule has 16 heavy (non-hydrogen) atoms. The largest absolute Gasteiger partial charge is 1.00 e. The third kappa shape index (κ3) is 5.60. The van der Waals surface area contributed by atoms with E-state index in [0.717, 1.165) is 6.08 Å². The second kappa shape index (κ2) is 6.93. The van der Waals surface area contributed by atoms with Gasteiger partial charge in [-0.3, -0.25) is 4.98 Å². The van der Waals surface area contributed by atoms with Crippen molar-refractivity contribution in [3.8, 4) is 0 Å². The monoisotopic (exact) mass is 254 g/mol. The molecule has 0 aromatic carbocycles. The number of hydrogen-bond donors (Lipinski definition) is 1. The summed E-state index contributed by atoms with van der Waals surface area (Å²) in [6.45, 7) is -3.20. The molecule has 7 heteroatoms. The van der Waals surface area contributed by atoms with Crippen LogP contribution >= 0.6 is 0 Å². The maximum Gasteiger partial charge on any atom is 1.00 e. The van der Waals surface area contributed by atoms with Gasteiger partial charge in [-0.25, -0.2) is 0 Å². The Hall–Kier alpha value is 0.341. The molecule has 1 aromatic heterocycles. The first-order valence-corrected chi connectivity index (χ1v) is 4.49. The SMILES string of the molecule is CC(N)c1ccncc1/C=C/[B-](F)(F)F.[K+]. The molecule has 0 spiro atoms. The summed E-state index contributed by atoms with van der Waals surface area (Å²) in [4.78, 5) is 3.76. The molecule has 0 bridgehead atoms. The topological polar surface area (TPSA) is 38.9 Å². The molecule has 2 nitrogen and oxygen atoms in total. The molecule has 1 heterocycles. The summed E-state index contributed by atoms with van der Waals surface area (Å²) in [5.74, 6) is 0.239. The van der Waals surface area contributed by atoms with E-state index in [9.17, 15) is 12.9 Å². The van der Waals surface area contributed by atoms with Gasteiger partial charge in [-0.05, 0) is 24.1 Å². The van der Waals surface area contributed by atoms with E-state index in [0.29, 0.717) is 11.1 Å². The maximum absolute atomic E-state index is 12.0. The van der Waals surface area contributed by atoms with E-state index in [4.69, 9.17) is 5.73 Å². The fraction of sp³-hybridized carbons (Fsp3) is 0.222. The zero-order chi connectivity index (χ0) is 11.5. The number of rotatable bonds is 3. The number of hydrogen-bond acceptors (Lipinski definition) is 2. The molecular weight excluding hydrogens is 243 g/mol. The Bertz CT molecular complexity index is 366. The predicted molar refractivity (Wildman–Crippen MR) is 55.0 cm³/mol. The van der Waals surface area contributed by atoms with E-state index in [-0.39, 0.29) is 63.4 Å². The maximum atomic E-state index is 12.0. The fourth-order valence-corrected chi connectivity index (χ4v) is 1.18. The average Bonchev–Trinajstić information content (AvgIpc) is 2.14. The van der Waals surface area contributed by atoms with Crippen LogP contribution in [0.3, 0.4) is 0 Å². The standard InChI is InChI=1S/C9H11BF3N2.K/c1-7(14)9-3-5-15-6-8(9)2-4-10(11,12)13;/h2-7H,14H2,1H3;/q-1;+1/b4-2+;. The number of nitrogens with zero attached hydrogens (tertiary/aromatic N) is 1. The van der Waals surface area contributed by atoms with Crippen LogP contribution in [0.15, 0.2) is 24.4 Å². The number of pyridine rings is 1. The molecule has 0 saturated carbocycles. The molecule has 0 aliphatic heterocycles. The van der Waals surface area contributed by atoms with Gasteiger partial charge in [-0.15, -0.1) is 5.98 Å². The van der Waals surface area contributed by atoms with Crippen LogP contribution in [0.5, 0.6) is 0 Å². The van der Waals surface area contributed by atoms with Crippen molar-refractivity contribution in [2.45, 2.75) is 13.0 Å². The van der Waals surface area contributed by atoms with Crippen LogP contribution in [0, 0.1) is 0 Å². The van der Waals surface area contributed by atoms with Crippen molar-refractivity contribution in [1.29, 1.82) is 0 Å². The zero-order valence-electron chi connectivity index (χ0n) is 9.20. The van der Waals surface area contributed by atoms with Gasteiger partial charge in [0.1, 0.15) is 0 Å². The van der Waals surface area contributed by atoms with Crippen molar-refractivity contribution in [3.05, 3.63) is 35.6 Å². The van der Waals surface area contributed by atoms with Gasteiger partial charge in [0, 0.05) is 18.4 Å². The molecule has 0 aliphatic rings. The van der Waals surface area contributed by atoms with E-state index in [1.54, 1.807) is 13.0 Å². The minimum Gasteiger partial charge on any atom is -0.445 e. The first kappa shape index (κ1) is 16.3. The Kier molecular flexibility index (Phi) is 7.08. The molecule has 0 amide bonds. The van der Waals surface area contributed by atoms with Gasteiger partial charge < -0.3 is 18.7 Å². The predicted octanol–water partition coefficient (Wildman–Crippen LogP) is -0.495. The van der Waals surface area contributed by atoms with Crippen molar-refractivity contribution >= 4 is 13.1 Å². The first-order valence-electron chi connectivity index (χ1n) is 4.49. The first-order chi connectivity index (χ1) is 6.90. The van der Waals surface area contributed by atoms with Crippen molar-refractivity contribution in [2.24, 2.45) is 5.73 Å². The van der Waals surface area contributed by atoms with Gasteiger partial charge in [0.15, 0.2) is 0 Å². The summed E-state index contributed by atoms with van der Waals surface area (Å²) >= 11 is 0. The molecule has 0 aliphatic carbocycles. The third-order valence-electron chi connectivity index (χ3n) is 1.87. The quantitative estimate of drug-likeness (QED) is 0.739. The van der Waals surface area contributed by atoms with E-state index in [1.807, 2.05) is 0 Å². The van der Waals surface area contributed by atoms with Crippen LogP contribution in [0.25, 0.3) is 6.08 Å². The zero-order valence-corrected chi connectivity index (χ0v) is 12.3. The van der Waals surface area contributed by atoms with Crippen LogP contribution < -0.4 is 57.1 Å². The van der Waals surface area contributed by atoms with E-state index in [2.05, 4.69) is 4.98 Å². The number of nitrogens with two attached hydrogens (primary N) is 1. The Morgan fingerprint density at radius 3 is 2.56 bits per heavy atom. The van der Waals surface area contributed by atoms with Gasteiger partial charge in [0.2, 0.25) is 0 Å². The molecule has 1 unspecified atom stereocenters.